The highest BCUT2D eigenvalue weighted by molar-refractivity contribution is 7.99. The van der Waals surface area contributed by atoms with Crippen molar-refractivity contribution in [2.24, 2.45) is 0 Å². The van der Waals surface area contributed by atoms with Gasteiger partial charge in [0.1, 0.15) is 12.4 Å². The van der Waals surface area contributed by atoms with Crippen LogP contribution in [0.2, 0.25) is 0 Å². The number of ether oxygens (including phenoxy) is 1. The Balaban J connectivity index is 1.91. The minimum absolute atomic E-state index is 0.306. The SMILES string of the molecule is Cc1cccc(C)c1OCc1nnc(SCC#N)n1-c1ccccc1. The van der Waals surface area contributed by atoms with Gasteiger partial charge >= 0.3 is 0 Å². The smallest absolute Gasteiger partial charge is 0.196 e. The van der Waals surface area contributed by atoms with Crippen LogP contribution in [0.4, 0.5) is 0 Å². The molecule has 0 aliphatic rings. The molecule has 0 fully saturated rings. The largest absolute Gasteiger partial charge is 0.485 e. The van der Waals surface area contributed by atoms with Gasteiger partial charge in [-0.1, -0.05) is 48.2 Å². The highest BCUT2D eigenvalue weighted by Crippen LogP contribution is 2.25. The number of rotatable bonds is 6. The monoisotopic (exact) mass is 350 g/mol. The van der Waals surface area contributed by atoms with E-state index < -0.39 is 0 Å². The number of hydrogen-bond acceptors (Lipinski definition) is 5. The molecular formula is C19H18N4OS. The van der Waals surface area contributed by atoms with Gasteiger partial charge in [-0.3, -0.25) is 4.57 Å². The van der Waals surface area contributed by atoms with E-state index >= 15 is 0 Å². The van der Waals surface area contributed by atoms with E-state index in [1.165, 1.54) is 11.8 Å². The molecule has 0 aliphatic carbocycles. The second-order valence-electron chi connectivity index (χ2n) is 5.53. The minimum Gasteiger partial charge on any atom is -0.485 e. The van der Waals surface area contributed by atoms with E-state index in [1.807, 2.05) is 66.9 Å². The van der Waals surface area contributed by atoms with E-state index in [0.717, 1.165) is 22.6 Å². The lowest BCUT2D eigenvalue weighted by Gasteiger charge is -2.13. The van der Waals surface area contributed by atoms with E-state index in [2.05, 4.69) is 16.3 Å². The number of nitriles is 1. The zero-order valence-electron chi connectivity index (χ0n) is 14.1. The number of hydrogen-bond donors (Lipinski definition) is 0. The van der Waals surface area contributed by atoms with E-state index in [0.29, 0.717) is 23.3 Å². The molecule has 0 bridgehead atoms. The number of thioether (sulfide) groups is 1. The fourth-order valence-electron chi connectivity index (χ4n) is 2.58. The van der Waals surface area contributed by atoms with Gasteiger partial charge in [-0.15, -0.1) is 10.2 Å². The summed E-state index contributed by atoms with van der Waals surface area (Å²) in [5.41, 5.74) is 3.13. The van der Waals surface area contributed by atoms with E-state index in [1.54, 1.807) is 0 Å². The van der Waals surface area contributed by atoms with Crippen molar-refractivity contribution in [1.29, 1.82) is 5.26 Å². The number of benzene rings is 2. The quantitative estimate of drug-likeness (QED) is 0.627. The van der Waals surface area contributed by atoms with Crippen LogP contribution >= 0.6 is 11.8 Å². The van der Waals surface area contributed by atoms with Gasteiger partial charge in [-0.05, 0) is 37.1 Å². The van der Waals surface area contributed by atoms with Crippen LogP contribution in [0.25, 0.3) is 5.69 Å². The predicted octanol–water partition coefficient (Wildman–Crippen LogP) is 4.08. The van der Waals surface area contributed by atoms with Crippen molar-refractivity contribution in [3.8, 4) is 17.5 Å². The van der Waals surface area contributed by atoms with Crippen molar-refractivity contribution in [3.05, 3.63) is 65.5 Å². The van der Waals surface area contributed by atoms with E-state index in [9.17, 15) is 0 Å². The Morgan fingerprint density at radius 1 is 1.04 bits per heavy atom. The molecule has 5 nitrogen and oxygen atoms in total. The van der Waals surface area contributed by atoms with E-state index in [-0.39, 0.29) is 0 Å². The van der Waals surface area contributed by atoms with Gasteiger partial charge < -0.3 is 4.74 Å². The molecule has 0 spiro atoms. The molecule has 0 saturated carbocycles. The number of nitrogens with zero attached hydrogens (tertiary/aromatic N) is 4. The maximum Gasteiger partial charge on any atom is 0.196 e. The first-order chi connectivity index (χ1) is 12.2. The lowest BCUT2D eigenvalue weighted by Crippen LogP contribution is -2.07. The first-order valence-corrected chi connectivity index (χ1v) is 8.87. The summed E-state index contributed by atoms with van der Waals surface area (Å²) < 4.78 is 7.98. The molecule has 3 aromatic rings. The summed E-state index contributed by atoms with van der Waals surface area (Å²) in [6.07, 6.45) is 0. The van der Waals surface area contributed by atoms with Crippen LogP contribution in [0.1, 0.15) is 17.0 Å². The third kappa shape index (κ3) is 3.83. The Morgan fingerprint density at radius 2 is 1.76 bits per heavy atom. The highest BCUT2D eigenvalue weighted by atomic mass is 32.2. The zero-order chi connectivity index (χ0) is 17.6. The highest BCUT2D eigenvalue weighted by Gasteiger charge is 2.15. The molecule has 1 aromatic heterocycles. The van der Waals surface area contributed by atoms with Crippen LogP contribution in [-0.4, -0.2) is 20.5 Å². The third-order valence-electron chi connectivity index (χ3n) is 3.73. The van der Waals surface area contributed by atoms with Crippen LogP contribution in [0.3, 0.4) is 0 Å². The molecule has 0 N–H and O–H groups in total. The average Bonchev–Trinajstić information content (AvgIpc) is 3.03. The number of aromatic nitrogens is 3. The second-order valence-corrected chi connectivity index (χ2v) is 6.47. The molecule has 126 valence electrons. The van der Waals surface area contributed by atoms with Crippen molar-refractivity contribution < 1.29 is 4.74 Å². The third-order valence-corrected chi connectivity index (χ3v) is 4.53. The molecule has 6 heteroatoms. The molecule has 25 heavy (non-hydrogen) atoms. The van der Waals surface area contributed by atoms with Crippen LogP contribution in [-0.2, 0) is 6.61 Å². The molecule has 0 unspecified atom stereocenters. The molecule has 0 radical (unpaired) electrons. The fourth-order valence-corrected chi connectivity index (χ4v) is 3.22. The lowest BCUT2D eigenvalue weighted by atomic mass is 10.1. The van der Waals surface area contributed by atoms with Crippen molar-refractivity contribution in [2.45, 2.75) is 25.6 Å². The van der Waals surface area contributed by atoms with Gasteiger partial charge in [0.25, 0.3) is 0 Å². The molecular weight excluding hydrogens is 332 g/mol. The first-order valence-electron chi connectivity index (χ1n) is 7.89. The van der Waals surface area contributed by atoms with Gasteiger partial charge in [-0.2, -0.15) is 5.26 Å². The van der Waals surface area contributed by atoms with Gasteiger partial charge in [0.15, 0.2) is 11.0 Å². The van der Waals surface area contributed by atoms with Crippen LogP contribution < -0.4 is 4.74 Å². The fraction of sp³-hybridized carbons (Fsp3) is 0.211. The Bertz CT molecular complexity index is 879. The molecule has 0 atom stereocenters. The summed E-state index contributed by atoms with van der Waals surface area (Å²) in [6, 6.07) is 18.1. The van der Waals surface area contributed by atoms with Crippen molar-refractivity contribution in [3.63, 3.8) is 0 Å². The molecule has 1 heterocycles. The van der Waals surface area contributed by atoms with Crippen molar-refractivity contribution in [2.75, 3.05) is 5.75 Å². The normalized spacial score (nSPS) is 10.4. The maximum atomic E-state index is 8.86. The molecule has 0 amide bonds. The Hall–Kier alpha value is -2.78. The molecule has 2 aromatic carbocycles. The average molecular weight is 350 g/mol. The zero-order valence-corrected chi connectivity index (χ0v) is 15.0. The lowest BCUT2D eigenvalue weighted by molar-refractivity contribution is 0.289. The topological polar surface area (TPSA) is 63.7 Å². The maximum absolute atomic E-state index is 8.86. The van der Waals surface area contributed by atoms with Gasteiger partial charge in [0, 0.05) is 5.69 Å². The van der Waals surface area contributed by atoms with Gasteiger partial charge in [0.05, 0.1) is 11.8 Å². The Kier molecular flexibility index (Phi) is 5.36. The summed E-state index contributed by atoms with van der Waals surface area (Å²) in [5.74, 6) is 1.90. The summed E-state index contributed by atoms with van der Waals surface area (Å²) in [5, 5.41) is 18.1. The Labute approximate surface area is 151 Å². The van der Waals surface area contributed by atoms with Crippen LogP contribution in [0, 0.1) is 25.2 Å². The summed E-state index contributed by atoms with van der Waals surface area (Å²) in [7, 11) is 0. The summed E-state index contributed by atoms with van der Waals surface area (Å²) in [4.78, 5) is 0. The first kappa shape index (κ1) is 17.1. The second kappa shape index (κ2) is 7.86. The molecule has 3 rings (SSSR count). The Morgan fingerprint density at radius 3 is 2.44 bits per heavy atom. The van der Waals surface area contributed by atoms with Crippen LogP contribution in [0.5, 0.6) is 5.75 Å². The number of aryl methyl sites for hydroxylation is 2. The minimum atomic E-state index is 0.306. The van der Waals surface area contributed by atoms with Gasteiger partial charge in [0.2, 0.25) is 0 Å². The number of para-hydroxylation sites is 2. The predicted molar refractivity (Wildman–Crippen MR) is 97.9 cm³/mol. The van der Waals surface area contributed by atoms with Crippen molar-refractivity contribution in [1.82, 2.24) is 14.8 Å². The van der Waals surface area contributed by atoms with Crippen molar-refractivity contribution >= 4 is 11.8 Å². The standard InChI is InChI=1S/C19H18N4OS/c1-14-7-6-8-15(2)18(14)24-13-17-21-22-19(25-12-11-20)23(17)16-9-4-3-5-10-16/h3-10H,12-13H2,1-2H3. The van der Waals surface area contributed by atoms with Crippen LogP contribution in [0.15, 0.2) is 53.7 Å². The summed E-state index contributed by atoms with van der Waals surface area (Å²) >= 11 is 1.36. The van der Waals surface area contributed by atoms with E-state index in [4.69, 9.17) is 10.00 Å². The van der Waals surface area contributed by atoms with Gasteiger partial charge in [-0.25, -0.2) is 0 Å². The summed E-state index contributed by atoms with van der Waals surface area (Å²) in [6.45, 7) is 4.36. The molecule has 0 saturated heterocycles. The molecule has 0 aliphatic heterocycles.